The van der Waals surface area contributed by atoms with E-state index in [1.54, 1.807) is 16.8 Å². The molecule has 0 spiro atoms. The summed E-state index contributed by atoms with van der Waals surface area (Å²) in [7, 11) is 0. The van der Waals surface area contributed by atoms with Crippen molar-refractivity contribution in [3.63, 3.8) is 0 Å². The lowest BCUT2D eigenvalue weighted by molar-refractivity contribution is -0.126. The molecule has 2 aromatic rings. The number of nitrogens with one attached hydrogen (secondary N) is 1. The molecular weight excluding hydrogens is 306 g/mol. The Bertz CT molecular complexity index is 688. The third-order valence-corrected chi connectivity index (χ3v) is 4.28. The zero-order chi connectivity index (χ0) is 16.1. The SMILES string of the molecule is CSCC[C@@H]1N=C(c2ccccc2)N(Nc2ccccc2)C1=O. The number of para-hydroxylation sites is 1. The molecule has 5 heteroatoms. The lowest BCUT2D eigenvalue weighted by Crippen LogP contribution is -2.40. The number of amidine groups is 1. The number of amides is 1. The molecule has 2 aromatic carbocycles. The standard InChI is InChI=1S/C18H19N3OS/c1-23-13-12-16-18(22)21(20-15-10-6-3-7-11-15)17(19-16)14-8-4-2-5-9-14/h2-11,16,20H,12-13H2,1H3/t16-/m0/s1. The second kappa shape index (κ2) is 7.33. The van der Waals surface area contributed by atoms with Gasteiger partial charge in [0.05, 0.1) is 5.69 Å². The van der Waals surface area contributed by atoms with Crippen LogP contribution in [0.2, 0.25) is 0 Å². The van der Waals surface area contributed by atoms with Gasteiger partial charge in [0.1, 0.15) is 6.04 Å². The third kappa shape index (κ3) is 3.56. The molecule has 0 aromatic heterocycles. The first-order chi connectivity index (χ1) is 11.3. The molecule has 1 aliphatic heterocycles. The summed E-state index contributed by atoms with van der Waals surface area (Å²) in [6, 6.07) is 19.2. The average molecular weight is 325 g/mol. The minimum Gasteiger partial charge on any atom is -0.290 e. The van der Waals surface area contributed by atoms with E-state index in [2.05, 4.69) is 10.4 Å². The van der Waals surface area contributed by atoms with E-state index in [0.717, 1.165) is 23.4 Å². The van der Waals surface area contributed by atoms with E-state index in [0.29, 0.717) is 5.84 Å². The highest BCUT2D eigenvalue weighted by molar-refractivity contribution is 7.98. The number of anilines is 1. The van der Waals surface area contributed by atoms with Crippen molar-refractivity contribution in [2.75, 3.05) is 17.4 Å². The van der Waals surface area contributed by atoms with Gasteiger partial charge in [-0.15, -0.1) is 0 Å². The lowest BCUT2D eigenvalue weighted by atomic mass is 10.2. The topological polar surface area (TPSA) is 44.7 Å². The monoisotopic (exact) mass is 325 g/mol. The number of hydrazine groups is 1. The molecule has 0 bridgehead atoms. The number of aliphatic imine (C=N–C) groups is 1. The number of nitrogens with zero attached hydrogens (tertiary/aromatic N) is 2. The van der Waals surface area contributed by atoms with Gasteiger partial charge >= 0.3 is 0 Å². The van der Waals surface area contributed by atoms with Crippen LogP contribution in [0.1, 0.15) is 12.0 Å². The van der Waals surface area contributed by atoms with Gasteiger partial charge in [-0.05, 0) is 30.6 Å². The zero-order valence-electron chi connectivity index (χ0n) is 13.0. The highest BCUT2D eigenvalue weighted by Crippen LogP contribution is 2.21. The largest absolute Gasteiger partial charge is 0.290 e. The van der Waals surface area contributed by atoms with Gasteiger partial charge in [0.15, 0.2) is 5.84 Å². The Morgan fingerprint density at radius 2 is 1.74 bits per heavy atom. The fourth-order valence-corrected chi connectivity index (χ4v) is 2.93. The first-order valence-electron chi connectivity index (χ1n) is 7.57. The van der Waals surface area contributed by atoms with Crippen LogP contribution < -0.4 is 5.43 Å². The fraction of sp³-hybridized carbons (Fsp3) is 0.222. The van der Waals surface area contributed by atoms with Crippen molar-refractivity contribution in [2.24, 2.45) is 4.99 Å². The third-order valence-electron chi connectivity index (χ3n) is 3.64. The molecule has 23 heavy (non-hydrogen) atoms. The minimum atomic E-state index is -0.311. The second-order valence-electron chi connectivity index (χ2n) is 5.27. The van der Waals surface area contributed by atoms with Crippen LogP contribution in [-0.2, 0) is 4.79 Å². The summed E-state index contributed by atoms with van der Waals surface area (Å²) in [5.74, 6) is 1.61. The Labute approximate surface area is 140 Å². The summed E-state index contributed by atoms with van der Waals surface area (Å²) < 4.78 is 0. The molecule has 1 N–H and O–H groups in total. The Kier molecular flexibility index (Phi) is 4.98. The van der Waals surface area contributed by atoms with Gasteiger partial charge in [0.2, 0.25) is 0 Å². The molecule has 0 fully saturated rings. The smallest absolute Gasteiger partial charge is 0.271 e. The summed E-state index contributed by atoms with van der Waals surface area (Å²) in [6.45, 7) is 0. The first kappa shape index (κ1) is 15.6. The molecule has 0 saturated carbocycles. The number of hydrogen-bond acceptors (Lipinski definition) is 4. The van der Waals surface area contributed by atoms with Crippen LogP contribution in [0.25, 0.3) is 0 Å². The van der Waals surface area contributed by atoms with Crippen molar-refractivity contribution < 1.29 is 4.79 Å². The molecule has 0 radical (unpaired) electrons. The van der Waals surface area contributed by atoms with Gasteiger partial charge < -0.3 is 0 Å². The quantitative estimate of drug-likeness (QED) is 0.885. The molecule has 4 nitrogen and oxygen atoms in total. The molecule has 1 aliphatic rings. The number of benzene rings is 2. The summed E-state index contributed by atoms with van der Waals surface area (Å²) in [5, 5.41) is 1.58. The Morgan fingerprint density at radius 1 is 1.09 bits per heavy atom. The van der Waals surface area contributed by atoms with E-state index in [9.17, 15) is 4.79 Å². The Hall–Kier alpha value is -2.27. The van der Waals surface area contributed by atoms with Crippen molar-refractivity contribution in [1.29, 1.82) is 0 Å². The number of hydrogen-bond donors (Lipinski definition) is 1. The summed E-state index contributed by atoms with van der Waals surface area (Å²) >= 11 is 1.73. The Morgan fingerprint density at radius 3 is 2.39 bits per heavy atom. The maximum absolute atomic E-state index is 12.7. The number of carbonyl (C=O) groups excluding carboxylic acids is 1. The van der Waals surface area contributed by atoms with Crippen LogP contribution in [0.4, 0.5) is 5.69 Å². The van der Waals surface area contributed by atoms with Crippen LogP contribution >= 0.6 is 11.8 Å². The highest BCUT2D eigenvalue weighted by atomic mass is 32.2. The number of carbonyl (C=O) groups is 1. The van der Waals surface area contributed by atoms with Gasteiger partial charge in [0.25, 0.3) is 5.91 Å². The van der Waals surface area contributed by atoms with E-state index in [1.807, 2.05) is 66.9 Å². The maximum Gasteiger partial charge on any atom is 0.271 e. The van der Waals surface area contributed by atoms with Crippen molar-refractivity contribution in [2.45, 2.75) is 12.5 Å². The number of thioether (sulfide) groups is 1. The van der Waals surface area contributed by atoms with Crippen molar-refractivity contribution >= 4 is 29.2 Å². The van der Waals surface area contributed by atoms with E-state index in [1.165, 1.54) is 0 Å². The first-order valence-corrected chi connectivity index (χ1v) is 8.97. The molecule has 0 saturated heterocycles. The Balaban J connectivity index is 1.88. The van der Waals surface area contributed by atoms with Crippen molar-refractivity contribution in [1.82, 2.24) is 5.01 Å². The fourth-order valence-electron chi connectivity index (χ4n) is 2.47. The van der Waals surface area contributed by atoms with Crippen LogP contribution in [0.3, 0.4) is 0 Å². The van der Waals surface area contributed by atoms with Gasteiger partial charge in [-0.25, -0.2) is 5.01 Å². The van der Waals surface area contributed by atoms with Gasteiger partial charge in [-0.1, -0.05) is 48.5 Å². The van der Waals surface area contributed by atoms with Crippen molar-refractivity contribution in [3.05, 3.63) is 66.2 Å². The molecule has 1 atom stereocenters. The molecule has 118 valence electrons. The van der Waals surface area contributed by atoms with E-state index < -0.39 is 0 Å². The molecule has 0 aliphatic carbocycles. The predicted octanol–water partition coefficient (Wildman–Crippen LogP) is 3.42. The zero-order valence-corrected chi connectivity index (χ0v) is 13.8. The summed E-state index contributed by atoms with van der Waals surface area (Å²) in [6.07, 6.45) is 2.80. The molecular formula is C18H19N3OS. The van der Waals surface area contributed by atoms with Crippen LogP contribution in [0, 0.1) is 0 Å². The lowest BCUT2D eigenvalue weighted by Gasteiger charge is -2.21. The highest BCUT2D eigenvalue weighted by Gasteiger charge is 2.35. The van der Waals surface area contributed by atoms with E-state index >= 15 is 0 Å². The minimum absolute atomic E-state index is 0.00163. The van der Waals surface area contributed by atoms with Crippen molar-refractivity contribution in [3.8, 4) is 0 Å². The predicted molar refractivity (Wildman–Crippen MR) is 96.7 cm³/mol. The van der Waals surface area contributed by atoms with Crippen LogP contribution in [-0.4, -0.2) is 34.8 Å². The average Bonchev–Trinajstić information content (AvgIpc) is 2.91. The van der Waals surface area contributed by atoms with E-state index in [4.69, 9.17) is 0 Å². The van der Waals surface area contributed by atoms with Gasteiger partial charge in [0, 0.05) is 5.56 Å². The van der Waals surface area contributed by atoms with Gasteiger partial charge in [-0.3, -0.25) is 15.2 Å². The van der Waals surface area contributed by atoms with Gasteiger partial charge in [-0.2, -0.15) is 11.8 Å². The summed E-state index contributed by atoms with van der Waals surface area (Å²) in [5.41, 5.74) is 5.00. The maximum atomic E-state index is 12.7. The van der Waals surface area contributed by atoms with E-state index in [-0.39, 0.29) is 11.9 Å². The molecule has 1 heterocycles. The molecule has 3 rings (SSSR count). The normalized spacial score (nSPS) is 17.3. The number of rotatable bonds is 6. The van der Waals surface area contributed by atoms with Crippen LogP contribution in [0.15, 0.2) is 65.7 Å². The molecule has 0 unspecified atom stereocenters. The molecule has 1 amide bonds. The van der Waals surface area contributed by atoms with Crippen LogP contribution in [0.5, 0.6) is 0 Å². The summed E-state index contributed by atoms with van der Waals surface area (Å²) in [4.78, 5) is 17.4. The second-order valence-corrected chi connectivity index (χ2v) is 6.25.